The third-order valence-electron chi connectivity index (χ3n) is 4.38. The molecule has 7 heteroatoms. The number of nitrogens with one attached hydrogen (secondary N) is 1. The van der Waals surface area contributed by atoms with Crippen molar-refractivity contribution in [2.24, 2.45) is 0 Å². The normalized spacial score (nSPS) is 13.9. The van der Waals surface area contributed by atoms with Gasteiger partial charge in [-0.15, -0.1) is 0 Å². The Morgan fingerprint density at radius 3 is 2.74 bits per heavy atom. The van der Waals surface area contributed by atoms with Gasteiger partial charge in [0.25, 0.3) is 11.8 Å². The van der Waals surface area contributed by atoms with Crippen LogP contribution in [0.4, 0.5) is 0 Å². The zero-order valence-corrected chi connectivity index (χ0v) is 15.3. The number of ether oxygens (including phenoxy) is 2. The van der Waals surface area contributed by atoms with Crippen molar-refractivity contribution in [1.29, 1.82) is 0 Å². The van der Waals surface area contributed by atoms with E-state index in [2.05, 4.69) is 10.3 Å². The van der Waals surface area contributed by atoms with Gasteiger partial charge in [0, 0.05) is 32.0 Å². The van der Waals surface area contributed by atoms with E-state index in [-0.39, 0.29) is 11.8 Å². The largest absolute Gasteiger partial charge is 0.497 e. The van der Waals surface area contributed by atoms with Crippen LogP contribution in [0.2, 0.25) is 0 Å². The Labute approximate surface area is 158 Å². The van der Waals surface area contributed by atoms with Gasteiger partial charge in [-0.3, -0.25) is 14.6 Å². The SMILES string of the molecule is COc1cccc(CCNC(=O)c2cncc(C(=O)N3CCOCC3)c2)c1. The minimum atomic E-state index is -0.248. The molecule has 2 amide bonds. The van der Waals surface area contributed by atoms with E-state index >= 15 is 0 Å². The first-order valence-corrected chi connectivity index (χ1v) is 8.90. The van der Waals surface area contributed by atoms with Crippen LogP contribution in [0.3, 0.4) is 0 Å². The third-order valence-corrected chi connectivity index (χ3v) is 4.38. The van der Waals surface area contributed by atoms with Crippen LogP contribution in [0.15, 0.2) is 42.7 Å². The van der Waals surface area contributed by atoms with Crippen molar-refractivity contribution in [3.8, 4) is 5.75 Å². The van der Waals surface area contributed by atoms with Crippen molar-refractivity contribution in [3.63, 3.8) is 0 Å². The first-order valence-electron chi connectivity index (χ1n) is 8.90. The van der Waals surface area contributed by atoms with Gasteiger partial charge in [-0.25, -0.2) is 0 Å². The van der Waals surface area contributed by atoms with Crippen LogP contribution < -0.4 is 10.1 Å². The molecule has 2 aromatic rings. The Morgan fingerprint density at radius 1 is 1.19 bits per heavy atom. The van der Waals surface area contributed by atoms with Crippen LogP contribution in [0, 0.1) is 0 Å². The molecule has 1 aromatic heterocycles. The molecule has 0 unspecified atom stereocenters. The molecule has 1 aliphatic heterocycles. The Kier molecular flexibility index (Phi) is 6.38. The van der Waals surface area contributed by atoms with E-state index in [4.69, 9.17) is 9.47 Å². The maximum Gasteiger partial charge on any atom is 0.255 e. The van der Waals surface area contributed by atoms with Gasteiger partial charge >= 0.3 is 0 Å². The quantitative estimate of drug-likeness (QED) is 0.835. The molecule has 142 valence electrons. The number of amides is 2. The highest BCUT2D eigenvalue weighted by molar-refractivity contribution is 5.99. The molecule has 0 bridgehead atoms. The van der Waals surface area contributed by atoms with E-state index in [9.17, 15) is 9.59 Å². The fourth-order valence-electron chi connectivity index (χ4n) is 2.88. The predicted octanol–water partition coefficient (Wildman–Crippen LogP) is 1.54. The van der Waals surface area contributed by atoms with Gasteiger partial charge in [-0.05, 0) is 30.2 Å². The Morgan fingerprint density at radius 2 is 1.96 bits per heavy atom. The lowest BCUT2D eigenvalue weighted by Crippen LogP contribution is -2.40. The van der Waals surface area contributed by atoms with Crippen molar-refractivity contribution in [3.05, 3.63) is 59.4 Å². The van der Waals surface area contributed by atoms with E-state index in [1.807, 2.05) is 24.3 Å². The fourth-order valence-corrected chi connectivity index (χ4v) is 2.88. The summed E-state index contributed by atoms with van der Waals surface area (Å²) in [4.78, 5) is 30.7. The van der Waals surface area contributed by atoms with Gasteiger partial charge in [-0.1, -0.05) is 12.1 Å². The van der Waals surface area contributed by atoms with Crippen LogP contribution >= 0.6 is 0 Å². The van der Waals surface area contributed by atoms with Crippen molar-refractivity contribution in [2.45, 2.75) is 6.42 Å². The van der Waals surface area contributed by atoms with Crippen LogP contribution in [-0.4, -0.2) is 61.7 Å². The Balaban J connectivity index is 1.57. The maximum atomic E-state index is 12.5. The lowest BCUT2D eigenvalue weighted by molar-refractivity contribution is 0.0302. The molecular weight excluding hydrogens is 346 g/mol. The number of carbonyl (C=O) groups excluding carboxylic acids is 2. The molecule has 0 aliphatic carbocycles. The maximum absolute atomic E-state index is 12.5. The van der Waals surface area contributed by atoms with Crippen molar-refractivity contribution < 1.29 is 19.1 Å². The summed E-state index contributed by atoms with van der Waals surface area (Å²) in [6, 6.07) is 9.31. The monoisotopic (exact) mass is 369 g/mol. The van der Waals surface area contributed by atoms with Gasteiger partial charge in [0.15, 0.2) is 0 Å². The highest BCUT2D eigenvalue weighted by Gasteiger charge is 2.19. The number of rotatable bonds is 6. The molecule has 1 N–H and O–H groups in total. The standard InChI is InChI=1S/C20H23N3O4/c1-26-18-4-2-3-15(11-18)5-6-22-19(24)16-12-17(14-21-13-16)20(25)23-7-9-27-10-8-23/h2-4,11-14H,5-10H2,1H3,(H,22,24). The van der Waals surface area contributed by atoms with Gasteiger partial charge in [-0.2, -0.15) is 0 Å². The number of hydrogen-bond acceptors (Lipinski definition) is 5. The molecule has 1 aliphatic rings. The molecule has 1 saturated heterocycles. The second-order valence-corrected chi connectivity index (χ2v) is 6.22. The van der Waals surface area contributed by atoms with E-state index in [0.29, 0.717) is 50.4 Å². The minimum absolute atomic E-state index is 0.128. The second-order valence-electron chi connectivity index (χ2n) is 6.22. The molecule has 1 fully saturated rings. The molecule has 0 spiro atoms. The summed E-state index contributed by atoms with van der Waals surface area (Å²) in [7, 11) is 1.62. The molecule has 0 atom stereocenters. The Hall–Kier alpha value is -2.93. The van der Waals surface area contributed by atoms with Crippen LogP contribution in [0.5, 0.6) is 5.75 Å². The van der Waals surface area contributed by atoms with Crippen LogP contribution in [0.25, 0.3) is 0 Å². The number of nitrogens with zero attached hydrogens (tertiary/aromatic N) is 2. The summed E-state index contributed by atoms with van der Waals surface area (Å²) < 4.78 is 10.5. The molecule has 2 heterocycles. The smallest absolute Gasteiger partial charge is 0.255 e. The van der Waals surface area contributed by atoms with Crippen molar-refractivity contribution in [1.82, 2.24) is 15.2 Å². The predicted molar refractivity (Wildman–Crippen MR) is 100.0 cm³/mol. The topological polar surface area (TPSA) is 80.8 Å². The molecule has 7 nitrogen and oxygen atoms in total. The zero-order valence-electron chi connectivity index (χ0n) is 15.3. The van der Waals surface area contributed by atoms with Crippen molar-refractivity contribution >= 4 is 11.8 Å². The van der Waals surface area contributed by atoms with Gasteiger partial charge < -0.3 is 19.7 Å². The number of morpholine rings is 1. The first-order chi connectivity index (χ1) is 13.2. The molecule has 0 radical (unpaired) electrons. The molecule has 1 aromatic carbocycles. The molecule has 3 rings (SSSR count). The Bertz CT molecular complexity index is 803. The van der Waals surface area contributed by atoms with E-state index < -0.39 is 0 Å². The van der Waals surface area contributed by atoms with Gasteiger partial charge in [0.05, 0.1) is 31.5 Å². The molecular formula is C20H23N3O4. The lowest BCUT2D eigenvalue weighted by atomic mass is 10.1. The number of hydrogen-bond donors (Lipinski definition) is 1. The zero-order chi connectivity index (χ0) is 19.1. The van der Waals surface area contributed by atoms with E-state index in [0.717, 1.165) is 11.3 Å². The van der Waals surface area contributed by atoms with Gasteiger partial charge in [0.2, 0.25) is 0 Å². The number of methoxy groups -OCH3 is 1. The average molecular weight is 369 g/mol. The highest BCUT2D eigenvalue weighted by atomic mass is 16.5. The minimum Gasteiger partial charge on any atom is -0.497 e. The summed E-state index contributed by atoms with van der Waals surface area (Å²) in [5.41, 5.74) is 1.86. The van der Waals surface area contributed by atoms with E-state index in [1.165, 1.54) is 12.4 Å². The summed E-state index contributed by atoms with van der Waals surface area (Å²) in [6.07, 6.45) is 3.64. The summed E-state index contributed by atoms with van der Waals surface area (Å²) >= 11 is 0. The number of benzene rings is 1. The summed E-state index contributed by atoms with van der Waals surface area (Å²) in [6.45, 7) is 2.65. The second kappa shape index (κ2) is 9.14. The van der Waals surface area contributed by atoms with Crippen molar-refractivity contribution in [2.75, 3.05) is 40.0 Å². The number of carbonyl (C=O) groups is 2. The van der Waals surface area contributed by atoms with E-state index in [1.54, 1.807) is 18.1 Å². The summed E-state index contributed by atoms with van der Waals surface area (Å²) in [5, 5.41) is 2.87. The third kappa shape index (κ3) is 5.04. The molecule has 0 saturated carbocycles. The fraction of sp³-hybridized carbons (Fsp3) is 0.350. The molecule has 27 heavy (non-hydrogen) atoms. The number of aromatic nitrogens is 1. The lowest BCUT2D eigenvalue weighted by Gasteiger charge is -2.26. The first kappa shape index (κ1) is 18.8. The average Bonchev–Trinajstić information content (AvgIpc) is 2.74. The summed E-state index contributed by atoms with van der Waals surface area (Å²) in [5.74, 6) is 0.413. The van der Waals surface area contributed by atoms with Crippen LogP contribution in [0.1, 0.15) is 26.3 Å². The van der Waals surface area contributed by atoms with Crippen LogP contribution in [-0.2, 0) is 11.2 Å². The number of pyridine rings is 1. The van der Waals surface area contributed by atoms with Gasteiger partial charge in [0.1, 0.15) is 5.75 Å². The highest BCUT2D eigenvalue weighted by Crippen LogP contribution is 2.13.